The van der Waals surface area contributed by atoms with Gasteiger partial charge in [0.1, 0.15) is 0 Å². The molecule has 14 heavy (non-hydrogen) atoms. The van der Waals surface area contributed by atoms with Crippen LogP contribution in [-0.4, -0.2) is 13.1 Å². The molecule has 0 fully saturated rings. The van der Waals surface area contributed by atoms with Crippen molar-refractivity contribution in [1.82, 2.24) is 0 Å². The summed E-state index contributed by atoms with van der Waals surface area (Å²) in [7, 11) is 1.22. The standard InChI is InChI=1S/C9H9BrFNO2/c1-4-6(10)3-5(9(13)14-2)8(12)7(4)11/h3H,12H2,1-2H3. The Bertz CT molecular complexity index is 393. The maximum absolute atomic E-state index is 13.4. The highest BCUT2D eigenvalue weighted by molar-refractivity contribution is 9.10. The number of hydrogen-bond acceptors (Lipinski definition) is 3. The lowest BCUT2D eigenvalue weighted by Gasteiger charge is -2.08. The van der Waals surface area contributed by atoms with Gasteiger partial charge in [-0.25, -0.2) is 9.18 Å². The highest BCUT2D eigenvalue weighted by atomic mass is 79.9. The fourth-order valence-corrected chi connectivity index (χ4v) is 1.42. The monoisotopic (exact) mass is 261 g/mol. The average Bonchev–Trinajstić information content (AvgIpc) is 2.19. The normalized spacial score (nSPS) is 10.0. The minimum absolute atomic E-state index is 0.0301. The van der Waals surface area contributed by atoms with Gasteiger partial charge in [0.2, 0.25) is 0 Å². The van der Waals surface area contributed by atoms with Crippen molar-refractivity contribution in [3.8, 4) is 0 Å². The van der Waals surface area contributed by atoms with Crippen LogP contribution in [0.4, 0.5) is 10.1 Å². The van der Waals surface area contributed by atoms with Crippen LogP contribution in [0, 0.1) is 12.7 Å². The van der Waals surface area contributed by atoms with Crippen molar-refractivity contribution in [2.24, 2.45) is 0 Å². The second-order valence-corrected chi connectivity index (χ2v) is 3.60. The highest BCUT2D eigenvalue weighted by Gasteiger charge is 2.17. The SMILES string of the molecule is COC(=O)c1cc(Br)c(C)c(F)c1N. The van der Waals surface area contributed by atoms with Gasteiger partial charge in [0.25, 0.3) is 0 Å². The van der Waals surface area contributed by atoms with E-state index in [2.05, 4.69) is 20.7 Å². The number of ether oxygens (including phenoxy) is 1. The Morgan fingerprint density at radius 1 is 1.64 bits per heavy atom. The molecule has 3 nitrogen and oxygen atoms in total. The van der Waals surface area contributed by atoms with Gasteiger partial charge in [-0.05, 0) is 13.0 Å². The molecular weight excluding hydrogens is 253 g/mol. The zero-order chi connectivity index (χ0) is 10.9. The zero-order valence-electron chi connectivity index (χ0n) is 7.73. The molecule has 76 valence electrons. The van der Waals surface area contributed by atoms with E-state index in [0.29, 0.717) is 10.0 Å². The van der Waals surface area contributed by atoms with E-state index >= 15 is 0 Å². The summed E-state index contributed by atoms with van der Waals surface area (Å²) >= 11 is 3.13. The van der Waals surface area contributed by atoms with Crippen molar-refractivity contribution >= 4 is 27.6 Å². The number of rotatable bonds is 1. The lowest BCUT2D eigenvalue weighted by molar-refractivity contribution is 0.0601. The van der Waals surface area contributed by atoms with E-state index in [4.69, 9.17) is 5.73 Å². The van der Waals surface area contributed by atoms with Crippen LogP contribution >= 0.6 is 15.9 Å². The molecule has 0 amide bonds. The number of carbonyl (C=O) groups is 1. The Kier molecular flexibility index (Phi) is 3.10. The zero-order valence-corrected chi connectivity index (χ0v) is 9.31. The minimum atomic E-state index is -0.651. The molecule has 0 bridgehead atoms. The molecule has 2 N–H and O–H groups in total. The quantitative estimate of drug-likeness (QED) is 0.623. The van der Waals surface area contributed by atoms with E-state index in [-0.39, 0.29) is 11.3 Å². The van der Waals surface area contributed by atoms with Gasteiger partial charge in [-0.3, -0.25) is 0 Å². The van der Waals surface area contributed by atoms with Crippen LogP contribution in [0.2, 0.25) is 0 Å². The van der Waals surface area contributed by atoms with E-state index in [1.54, 1.807) is 6.92 Å². The number of anilines is 1. The predicted octanol–water partition coefficient (Wildman–Crippen LogP) is 2.27. The van der Waals surface area contributed by atoms with E-state index in [1.165, 1.54) is 13.2 Å². The van der Waals surface area contributed by atoms with Crippen LogP contribution in [0.15, 0.2) is 10.5 Å². The molecule has 0 heterocycles. The minimum Gasteiger partial charge on any atom is -0.465 e. The predicted molar refractivity (Wildman–Crippen MR) is 54.6 cm³/mol. The smallest absolute Gasteiger partial charge is 0.340 e. The summed E-state index contributed by atoms with van der Waals surface area (Å²) < 4.78 is 18.3. The van der Waals surface area contributed by atoms with E-state index in [0.717, 1.165) is 0 Å². The average molecular weight is 262 g/mol. The maximum atomic E-state index is 13.4. The molecule has 1 rings (SSSR count). The number of methoxy groups -OCH3 is 1. The molecular formula is C9H9BrFNO2. The van der Waals surface area contributed by atoms with Crippen LogP contribution in [-0.2, 0) is 4.74 Å². The van der Waals surface area contributed by atoms with Crippen molar-refractivity contribution in [3.05, 3.63) is 27.5 Å². The molecule has 0 saturated heterocycles. The molecule has 0 atom stereocenters. The largest absolute Gasteiger partial charge is 0.465 e. The summed E-state index contributed by atoms with van der Waals surface area (Å²) in [5.74, 6) is -1.25. The first-order valence-corrected chi connectivity index (χ1v) is 4.60. The van der Waals surface area contributed by atoms with Gasteiger partial charge in [-0.1, -0.05) is 15.9 Å². The summed E-state index contributed by atoms with van der Waals surface area (Å²) in [6.45, 7) is 1.57. The fourth-order valence-electron chi connectivity index (χ4n) is 1.02. The maximum Gasteiger partial charge on any atom is 0.340 e. The van der Waals surface area contributed by atoms with Crippen LogP contribution in [0.5, 0.6) is 0 Å². The first-order valence-electron chi connectivity index (χ1n) is 3.81. The third-order valence-corrected chi connectivity index (χ3v) is 2.71. The molecule has 0 aliphatic rings. The van der Waals surface area contributed by atoms with Crippen molar-refractivity contribution in [2.75, 3.05) is 12.8 Å². The van der Waals surface area contributed by atoms with Gasteiger partial charge in [0, 0.05) is 10.0 Å². The lowest BCUT2D eigenvalue weighted by atomic mass is 10.1. The number of esters is 1. The van der Waals surface area contributed by atoms with Gasteiger partial charge in [-0.15, -0.1) is 0 Å². The van der Waals surface area contributed by atoms with E-state index in [9.17, 15) is 9.18 Å². The molecule has 0 unspecified atom stereocenters. The Labute approximate surface area is 89.2 Å². The Balaban J connectivity index is 3.40. The summed E-state index contributed by atoms with van der Waals surface area (Å²) in [4.78, 5) is 11.2. The molecule has 0 spiro atoms. The highest BCUT2D eigenvalue weighted by Crippen LogP contribution is 2.27. The fraction of sp³-hybridized carbons (Fsp3) is 0.222. The Hall–Kier alpha value is -1.10. The Morgan fingerprint density at radius 3 is 2.71 bits per heavy atom. The summed E-state index contributed by atoms with van der Waals surface area (Å²) in [5.41, 5.74) is 5.65. The van der Waals surface area contributed by atoms with Gasteiger partial charge >= 0.3 is 5.97 Å². The molecule has 0 radical (unpaired) electrons. The van der Waals surface area contributed by atoms with Gasteiger partial charge < -0.3 is 10.5 Å². The molecule has 0 aromatic heterocycles. The third-order valence-electron chi connectivity index (χ3n) is 1.89. The third kappa shape index (κ3) is 1.72. The topological polar surface area (TPSA) is 52.3 Å². The van der Waals surface area contributed by atoms with Crippen LogP contribution < -0.4 is 5.73 Å². The molecule has 0 aliphatic carbocycles. The van der Waals surface area contributed by atoms with E-state index < -0.39 is 11.8 Å². The molecule has 1 aromatic carbocycles. The number of nitrogen functional groups attached to an aromatic ring is 1. The van der Waals surface area contributed by atoms with Crippen LogP contribution in [0.1, 0.15) is 15.9 Å². The van der Waals surface area contributed by atoms with Crippen molar-refractivity contribution in [3.63, 3.8) is 0 Å². The van der Waals surface area contributed by atoms with Crippen molar-refractivity contribution in [2.45, 2.75) is 6.92 Å². The summed E-state index contributed by atoms with van der Waals surface area (Å²) in [6, 6.07) is 1.44. The van der Waals surface area contributed by atoms with Crippen molar-refractivity contribution < 1.29 is 13.9 Å². The molecule has 0 saturated carbocycles. The van der Waals surface area contributed by atoms with Gasteiger partial charge in [0.05, 0.1) is 18.4 Å². The number of nitrogens with two attached hydrogens (primary N) is 1. The van der Waals surface area contributed by atoms with Crippen molar-refractivity contribution in [1.29, 1.82) is 0 Å². The number of halogens is 2. The lowest BCUT2D eigenvalue weighted by Crippen LogP contribution is -2.08. The molecule has 0 aliphatic heterocycles. The second-order valence-electron chi connectivity index (χ2n) is 2.75. The number of carbonyl (C=O) groups excluding carboxylic acids is 1. The van der Waals surface area contributed by atoms with Gasteiger partial charge in [0.15, 0.2) is 5.82 Å². The number of benzene rings is 1. The van der Waals surface area contributed by atoms with Crippen LogP contribution in [0.3, 0.4) is 0 Å². The first kappa shape index (κ1) is 11.0. The molecule has 5 heteroatoms. The summed E-state index contributed by atoms with van der Waals surface area (Å²) in [6.07, 6.45) is 0. The van der Waals surface area contributed by atoms with Gasteiger partial charge in [-0.2, -0.15) is 0 Å². The second kappa shape index (κ2) is 3.96. The first-order chi connectivity index (χ1) is 6.49. The number of hydrogen-bond donors (Lipinski definition) is 1. The molecule has 1 aromatic rings. The van der Waals surface area contributed by atoms with Crippen LogP contribution in [0.25, 0.3) is 0 Å². The summed E-state index contributed by atoms with van der Waals surface area (Å²) in [5, 5.41) is 0. The Morgan fingerprint density at radius 2 is 2.21 bits per heavy atom. The van der Waals surface area contributed by atoms with E-state index in [1.807, 2.05) is 0 Å².